The molecule has 2 aromatic heterocycles. The van der Waals surface area contributed by atoms with Gasteiger partial charge in [0.05, 0.1) is 6.04 Å². The molecule has 0 aliphatic heterocycles. The van der Waals surface area contributed by atoms with Crippen LogP contribution in [-0.4, -0.2) is 57.3 Å². The van der Waals surface area contributed by atoms with Crippen LogP contribution in [0.25, 0.3) is 11.7 Å². The van der Waals surface area contributed by atoms with Crippen LogP contribution in [0.1, 0.15) is 22.9 Å². The van der Waals surface area contributed by atoms with Gasteiger partial charge in [0.25, 0.3) is 15.9 Å². The third-order valence-corrected chi connectivity index (χ3v) is 6.49. The third kappa shape index (κ3) is 4.80. The smallest absolute Gasteiger partial charge is 0.275 e. The first-order chi connectivity index (χ1) is 14.6. The van der Waals surface area contributed by atoms with Gasteiger partial charge in [-0.1, -0.05) is 29.8 Å². The van der Waals surface area contributed by atoms with Crippen LogP contribution < -0.4 is 5.32 Å². The molecule has 0 bridgehead atoms. The lowest BCUT2D eigenvalue weighted by Gasteiger charge is -2.25. The average molecular weight is 444 g/mol. The third-order valence-electron chi connectivity index (χ3n) is 4.80. The van der Waals surface area contributed by atoms with Crippen LogP contribution in [0, 0.1) is 18.3 Å². The van der Waals surface area contributed by atoms with Gasteiger partial charge in [0.15, 0.2) is 5.76 Å². The summed E-state index contributed by atoms with van der Waals surface area (Å²) < 4.78 is 36.6. The van der Waals surface area contributed by atoms with Crippen LogP contribution in [0.3, 0.4) is 0 Å². The van der Waals surface area contributed by atoms with Crippen molar-refractivity contribution in [1.29, 1.82) is 5.26 Å². The Hall–Kier alpha value is -3.13. The number of likely N-dealkylation sites (N-methyl/N-ethyl adjacent to an activating group) is 1. The monoisotopic (exact) mass is 443 g/mol. The van der Waals surface area contributed by atoms with Gasteiger partial charge in [-0.25, -0.2) is 12.7 Å². The fourth-order valence-corrected chi connectivity index (χ4v) is 3.75. The lowest BCUT2D eigenvalue weighted by Crippen LogP contribution is -2.26. The maximum Gasteiger partial charge on any atom is 0.275 e. The van der Waals surface area contributed by atoms with Gasteiger partial charge in [-0.3, -0.25) is 0 Å². The Balaban J connectivity index is 1.83. The Labute approximate surface area is 181 Å². The Kier molecular flexibility index (Phi) is 6.50. The number of furan rings is 1. The SMILES string of the molecule is Cc1ccc(C(CNc2oc(-c3ccc(S(=O)(=O)N(C)C)o3)nc2C#N)N(C)C)cc1. The van der Waals surface area contributed by atoms with E-state index in [-0.39, 0.29) is 34.4 Å². The van der Waals surface area contributed by atoms with Crippen LogP contribution in [0.5, 0.6) is 0 Å². The van der Waals surface area contributed by atoms with Gasteiger partial charge >= 0.3 is 0 Å². The molecule has 0 saturated heterocycles. The number of sulfonamides is 1. The zero-order valence-corrected chi connectivity index (χ0v) is 18.9. The molecule has 3 rings (SSSR count). The minimum absolute atomic E-state index is 0.0241. The number of oxazole rings is 1. The molecule has 2 heterocycles. The molecule has 0 spiro atoms. The maximum absolute atomic E-state index is 12.2. The summed E-state index contributed by atoms with van der Waals surface area (Å²) in [6.07, 6.45) is 0. The summed E-state index contributed by atoms with van der Waals surface area (Å²) in [6, 6.07) is 13.0. The quantitative estimate of drug-likeness (QED) is 0.565. The molecule has 10 heteroatoms. The minimum atomic E-state index is -3.73. The number of rotatable bonds is 8. The van der Waals surface area contributed by atoms with E-state index in [2.05, 4.69) is 39.5 Å². The Bertz CT molecular complexity index is 1190. The van der Waals surface area contributed by atoms with Crippen LogP contribution in [0.4, 0.5) is 5.88 Å². The van der Waals surface area contributed by atoms with E-state index in [0.717, 1.165) is 9.87 Å². The normalized spacial score (nSPS) is 12.8. The van der Waals surface area contributed by atoms with Crippen LogP contribution >= 0.6 is 0 Å². The molecule has 31 heavy (non-hydrogen) atoms. The summed E-state index contributed by atoms with van der Waals surface area (Å²) in [5.74, 6) is 0.341. The zero-order valence-electron chi connectivity index (χ0n) is 18.1. The molecule has 1 unspecified atom stereocenters. The molecule has 0 amide bonds. The largest absolute Gasteiger partial charge is 0.438 e. The van der Waals surface area contributed by atoms with Crippen molar-refractivity contribution in [2.24, 2.45) is 0 Å². The first kappa shape index (κ1) is 22.6. The van der Waals surface area contributed by atoms with Crippen molar-refractivity contribution in [2.45, 2.75) is 18.1 Å². The first-order valence-corrected chi connectivity index (χ1v) is 11.0. The van der Waals surface area contributed by atoms with E-state index in [1.54, 1.807) is 0 Å². The summed E-state index contributed by atoms with van der Waals surface area (Å²) in [7, 11) is 3.04. The molecular formula is C21H25N5O4S. The number of nitrogens with zero attached hydrogens (tertiary/aromatic N) is 4. The van der Waals surface area contributed by atoms with E-state index in [4.69, 9.17) is 8.83 Å². The van der Waals surface area contributed by atoms with Crippen LogP contribution in [-0.2, 0) is 10.0 Å². The van der Waals surface area contributed by atoms with E-state index in [0.29, 0.717) is 6.54 Å². The van der Waals surface area contributed by atoms with Crippen molar-refractivity contribution < 1.29 is 17.3 Å². The molecule has 0 fully saturated rings. The maximum atomic E-state index is 12.2. The molecular weight excluding hydrogens is 418 g/mol. The number of hydrogen-bond donors (Lipinski definition) is 1. The van der Waals surface area contributed by atoms with Crippen molar-refractivity contribution >= 4 is 15.9 Å². The topological polar surface area (TPSA) is 116 Å². The summed E-state index contributed by atoms with van der Waals surface area (Å²) in [5.41, 5.74) is 2.35. The van der Waals surface area contributed by atoms with E-state index in [1.165, 1.54) is 31.8 Å². The minimum Gasteiger partial charge on any atom is -0.438 e. The van der Waals surface area contributed by atoms with Gasteiger partial charge in [-0.2, -0.15) is 10.2 Å². The molecule has 3 aromatic rings. The Morgan fingerprint density at radius 2 is 1.77 bits per heavy atom. The Morgan fingerprint density at radius 3 is 2.35 bits per heavy atom. The molecule has 0 aliphatic rings. The highest BCUT2D eigenvalue weighted by atomic mass is 32.2. The van der Waals surface area contributed by atoms with Crippen molar-refractivity contribution in [3.63, 3.8) is 0 Å². The first-order valence-electron chi connectivity index (χ1n) is 9.54. The van der Waals surface area contributed by atoms with Gasteiger partial charge in [0.2, 0.25) is 16.7 Å². The van der Waals surface area contributed by atoms with E-state index in [9.17, 15) is 13.7 Å². The zero-order chi connectivity index (χ0) is 22.8. The highest BCUT2D eigenvalue weighted by Gasteiger charge is 2.25. The lowest BCUT2D eigenvalue weighted by molar-refractivity contribution is 0.310. The second kappa shape index (κ2) is 8.93. The second-order valence-corrected chi connectivity index (χ2v) is 9.57. The van der Waals surface area contributed by atoms with Crippen molar-refractivity contribution in [1.82, 2.24) is 14.2 Å². The van der Waals surface area contributed by atoms with Crippen LogP contribution in [0.15, 0.2) is 50.3 Å². The highest BCUT2D eigenvalue weighted by molar-refractivity contribution is 7.88. The van der Waals surface area contributed by atoms with E-state index < -0.39 is 10.0 Å². The molecule has 0 aliphatic carbocycles. The van der Waals surface area contributed by atoms with Gasteiger partial charge in [0.1, 0.15) is 6.07 Å². The average Bonchev–Trinajstić information content (AvgIpc) is 3.36. The van der Waals surface area contributed by atoms with Gasteiger partial charge in [0, 0.05) is 20.6 Å². The number of nitrogens with one attached hydrogen (secondary N) is 1. The molecule has 1 N–H and O–H groups in total. The van der Waals surface area contributed by atoms with E-state index >= 15 is 0 Å². The molecule has 1 atom stereocenters. The fraction of sp³-hybridized carbons (Fsp3) is 0.333. The number of benzene rings is 1. The summed E-state index contributed by atoms with van der Waals surface area (Å²) in [5, 5.41) is 12.4. The van der Waals surface area contributed by atoms with Crippen molar-refractivity contribution in [3.05, 3.63) is 53.2 Å². The van der Waals surface area contributed by atoms with Crippen LogP contribution in [0.2, 0.25) is 0 Å². The summed E-state index contributed by atoms with van der Waals surface area (Å²) in [6.45, 7) is 2.50. The van der Waals surface area contributed by atoms with Gasteiger partial charge < -0.3 is 19.1 Å². The van der Waals surface area contributed by atoms with Crippen molar-refractivity contribution in [3.8, 4) is 17.7 Å². The lowest BCUT2D eigenvalue weighted by atomic mass is 10.0. The predicted molar refractivity (Wildman–Crippen MR) is 116 cm³/mol. The van der Waals surface area contributed by atoms with Crippen molar-refractivity contribution in [2.75, 3.05) is 40.1 Å². The van der Waals surface area contributed by atoms with E-state index in [1.807, 2.05) is 27.1 Å². The second-order valence-electron chi connectivity index (χ2n) is 7.49. The number of aryl methyl sites for hydroxylation is 1. The number of aromatic nitrogens is 1. The summed E-state index contributed by atoms with van der Waals surface area (Å²) >= 11 is 0. The number of hydrogen-bond acceptors (Lipinski definition) is 8. The number of anilines is 1. The standard InChI is InChI=1S/C21H25N5O4S/c1-14-6-8-15(9-7-14)17(25(2)3)13-23-20-16(12-22)24-21(30-20)18-10-11-19(29-18)31(27,28)26(4)5/h6-11,17,23H,13H2,1-5H3. The number of nitriles is 1. The molecule has 0 radical (unpaired) electrons. The van der Waals surface area contributed by atoms with Gasteiger partial charge in [-0.15, -0.1) is 0 Å². The molecule has 0 saturated carbocycles. The molecule has 1 aromatic carbocycles. The molecule has 9 nitrogen and oxygen atoms in total. The highest BCUT2D eigenvalue weighted by Crippen LogP contribution is 2.29. The Morgan fingerprint density at radius 1 is 1.10 bits per heavy atom. The van der Waals surface area contributed by atoms with Gasteiger partial charge in [-0.05, 0) is 38.7 Å². The predicted octanol–water partition coefficient (Wildman–Crippen LogP) is 3.08. The molecule has 164 valence electrons. The summed E-state index contributed by atoms with van der Waals surface area (Å²) in [4.78, 5) is 6.20. The fourth-order valence-electron chi connectivity index (χ4n) is 2.95.